The summed E-state index contributed by atoms with van der Waals surface area (Å²) in [5, 5.41) is 11.0. The Morgan fingerprint density at radius 1 is 1.44 bits per heavy atom. The molecule has 2 unspecified atom stereocenters. The van der Waals surface area contributed by atoms with Gasteiger partial charge in [-0.15, -0.1) is 0 Å². The van der Waals surface area contributed by atoms with Crippen LogP contribution in [0.5, 0.6) is 5.75 Å². The minimum atomic E-state index is -0.665. The summed E-state index contributed by atoms with van der Waals surface area (Å²) in [4.78, 5) is 10.6. The number of nitro groups is 1. The van der Waals surface area contributed by atoms with Crippen molar-refractivity contribution in [1.82, 2.24) is 0 Å². The van der Waals surface area contributed by atoms with E-state index in [1.807, 2.05) is 13.8 Å². The highest BCUT2D eigenvalue weighted by atomic mass is 19.1. The molecule has 1 aromatic carbocycles. The smallest absolute Gasteiger partial charge is 0.273 e. The molecule has 6 nitrogen and oxygen atoms in total. The number of ether oxygens (including phenoxy) is 2. The lowest BCUT2D eigenvalue weighted by Crippen LogP contribution is -2.53. The Morgan fingerprint density at radius 2 is 2.19 bits per heavy atom. The molecule has 3 atom stereocenters. The van der Waals surface area contributed by atoms with E-state index < -0.39 is 10.5 Å². The molecule has 0 saturated heterocycles. The first-order valence-electron chi connectivity index (χ1n) is 9.31. The molecule has 27 heavy (non-hydrogen) atoms. The van der Waals surface area contributed by atoms with Gasteiger partial charge in [0, 0.05) is 19.0 Å². The maximum absolute atomic E-state index is 13.5. The van der Waals surface area contributed by atoms with E-state index in [4.69, 9.17) is 15.2 Å². The zero-order valence-corrected chi connectivity index (χ0v) is 16.0. The second-order valence-electron chi connectivity index (χ2n) is 8.32. The van der Waals surface area contributed by atoms with Crippen molar-refractivity contribution in [3.8, 4) is 5.75 Å². The van der Waals surface area contributed by atoms with Crippen LogP contribution in [0.25, 0.3) is 0 Å². The van der Waals surface area contributed by atoms with Crippen LogP contribution in [0.2, 0.25) is 0 Å². The summed E-state index contributed by atoms with van der Waals surface area (Å²) in [7, 11) is 0. The first kappa shape index (κ1) is 19.8. The highest BCUT2D eigenvalue weighted by molar-refractivity contribution is 5.46. The topological polar surface area (TPSA) is 87.6 Å². The van der Waals surface area contributed by atoms with Crippen molar-refractivity contribution in [2.75, 3.05) is 6.54 Å². The van der Waals surface area contributed by atoms with Crippen LogP contribution in [-0.2, 0) is 11.2 Å². The van der Waals surface area contributed by atoms with Gasteiger partial charge in [0.05, 0.1) is 22.9 Å². The average molecular weight is 378 g/mol. The number of nitrogens with two attached hydrogens (primary N) is 1. The Hall–Kier alpha value is -1.99. The number of allylic oxidation sites excluding steroid dienone is 2. The van der Waals surface area contributed by atoms with E-state index in [2.05, 4.69) is 6.92 Å². The molecule has 0 bridgehead atoms. The third-order valence-electron chi connectivity index (χ3n) is 5.86. The number of fused-ring (bicyclic) bond motifs is 1. The largest absolute Gasteiger partial charge is 0.485 e. The number of hydrogen-bond donors (Lipinski definition) is 1. The van der Waals surface area contributed by atoms with Gasteiger partial charge in [-0.05, 0) is 50.2 Å². The Kier molecular flexibility index (Phi) is 5.27. The number of non-ortho nitro benzene ring substituents is 1. The third-order valence-corrected chi connectivity index (χ3v) is 5.86. The number of halogens is 1. The molecule has 2 N–H and O–H groups in total. The van der Waals surface area contributed by atoms with Crippen LogP contribution in [0, 0.1) is 15.5 Å². The molecular weight excluding hydrogens is 351 g/mol. The molecule has 0 fully saturated rings. The molecule has 0 aromatic heterocycles. The molecule has 1 aliphatic heterocycles. The molecule has 0 saturated carbocycles. The lowest BCUT2D eigenvalue weighted by molar-refractivity contribution is -0.385. The SMILES string of the molecule is CC1(C(CN)O[C@@H]2Cc3ccc([N+](=O)[O-])cc3OC2(C)C)CC=C(F)CC1. The number of benzene rings is 1. The van der Waals surface area contributed by atoms with Gasteiger partial charge in [-0.1, -0.05) is 13.0 Å². The Morgan fingerprint density at radius 3 is 2.78 bits per heavy atom. The molecule has 1 heterocycles. The van der Waals surface area contributed by atoms with Gasteiger partial charge in [0.25, 0.3) is 5.69 Å². The Balaban J connectivity index is 1.81. The lowest BCUT2D eigenvalue weighted by atomic mass is 9.73. The molecule has 1 aliphatic carbocycles. The van der Waals surface area contributed by atoms with Crippen LogP contribution in [0.3, 0.4) is 0 Å². The highest BCUT2D eigenvalue weighted by Gasteiger charge is 2.43. The van der Waals surface area contributed by atoms with Crippen LogP contribution in [0.4, 0.5) is 10.1 Å². The van der Waals surface area contributed by atoms with Crippen LogP contribution < -0.4 is 10.5 Å². The summed E-state index contributed by atoms with van der Waals surface area (Å²) in [6.45, 7) is 6.25. The molecule has 0 radical (unpaired) electrons. The first-order valence-corrected chi connectivity index (χ1v) is 9.31. The normalized spacial score (nSPS) is 27.9. The molecule has 0 spiro atoms. The van der Waals surface area contributed by atoms with Crippen molar-refractivity contribution >= 4 is 5.69 Å². The Labute approximate surface area is 158 Å². The summed E-state index contributed by atoms with van der Waals surface area (Å²) < 4.78 is 25.9. The summed E-state index contributed by atoms with van der Waals surface area (Å²) in [5.74, 6) is 0.451. The van der Waals surface area contributed by atoms with Gasteiger partial charge in [-0.3, -0.25) is 10.1 Å². The van der Waals surface area contributed by atoms with E-state index >= 15 is 0 Å². The maximum atomic E-state index is 13.5. The van der Waals surface area contributed by atoms with Crippen molar-refractivity contribution in [1.29, 1.82) is 0 Å². The minimum Gasteiger partial charge on any atom is -0.485 e. The second-order valence-corrected chi connectivity index (χ2v) is 8.32. The number of hydrogen-bond acceptors (Lipinski definition) is 5. The van der Waals surface area contributed by atoms with Gasteiger partial charge < -0.3 is 15.2 Å². The predicted octanol–water partition coefficient (Wildman–Crippen LogP) is 4.06. The number of rotatable bonds is 5. The van der Waals surface area contributed by atoms with Gasteiger partial charge in [0.15, 0.2) is 0 Å². The van der Waals surface area contributed by atoms with Gasteiger partial charge in [0.1, 0.15) is 17.5 Å². The van der Waals surface area contributed by atoms with Crippen LogP contribution >= 0.6 is 0 Å². The summed E-state index contributed by atoms with van der Waals surface area (Å²) in [6.07, 6.45) is 3.42. The van der Waals surface area contributed by atoms with E-state index in [-0.39, 0.29) is 29.1 Å². The molecule has 7 heteroatoms. The summed E-state index contributed by atoms with van der Waals surface area (Å²) in [6, 6.07) is 4.66. The van der Waals surface area contributed by atoms with Crippen molar-refractivity contribution in [2.45, 2.75) is 64.3 Å². The zero-order valence-electron chi connectivity index (χ0n) is 16.0. The first-order chi connectivity index (χ1) is 12.6. The van der Waals surface area contributed by atoms with Crippen LogP contribution in [0.1, 0.15) is 45.6 Å². The van der Waals surface area contributed by atoms with Crippen molar-refractivity contribution < 1.29 is 18.8 Å². The van der Waals surface area contributed by atoms with E-state index in [1.54, 1.807) is 12.1 Å². The second kappa shape index (κ2) is 7.20. The minimum absolute atomic E-state index is 0.00674. The highest BCUT2D eigenvalue weighted by Crippen LogP contribution is 2.43. The predicted molar refractivity (Wildman–Crippen MR) is 100 cm³/mol. The van der Waals surface area contributed by atoms with E-state index in [1.165, 1.54) is 12.1 Å². The molecule has 2 aliphatic rings. The zero-order chi connectivity index (χ0) is 19.8. The molecular formula is C20H27FN2O4. The van der Waals surface area contributed by atoms with Crippen LogP contribution in [0.15, 0.2) is 30.1 Å². The van der Waals surface area contributed by atoms with Gasteiger partial charge >= 0.3 is 0 Å². The van der Waals surface area contributed by atoms with Crippen molar-refractivity contribution in [3.05, 3.63) is 45.8 Å². The maximum Gasteiger partial charge on any atom is 0.273 e. The van der Waals surface area contributed by atoms with Crippen LogP contribution in [-0.4, -0.2) is 29.3 Å². The van der Waals surface area contributed by atoms with Gasteiger partial charge in [0.2, 0.25) is 0 Å². The average Bonchev–Trinajstić information content (AvgIpc) is 2.61. The fourth-order valence-electron chi connectivity index (χ4n) is 3.88. The van der Waals surface area contributed by atoms with E-state index in [0.717, 1.165) is 5.56 Å². The summed E-state index contributed by atoms with van der Waals surface area (Å²) in [5.41, 5.74) is 6.01. The van der Waals surface area contributed by atoms with E-state index in [9.17, 15) is 14.5 Å². The monoisotopic (exact) mass is 378 g/mol. The van der Waals surface area contributed by atoms with E-state index in [0.29, 0.717) is 38.0 Å². The Bertz CT molecular complexity index is 764. The van der Waals surface area contributed by atoms with Crippen molar-refractivity contribution in [2.24, 2.45) is 11.1 Å². The number of nitro benzene ring substituents is 1. The fourth-order valence-corrected chi connectivity index (χ4v) is 3.88. The van der Waals surface area contributed by atoms with Crippen molar-refractivity contribution in [3.63, 3.8) is 0 Å². The molecule has 3 rings (SSSR count). The third kappa shape index (κ3) is 3.99. The molecule has 148 valence electrons. The quantitative estimate of drug-likeness (QED) is 0.616. The summed E-state index contributed by atoms with van der Waals surface area (Å²) >= 11 is 0. The molecule has 0 amide bonds. The fraction of sp³-hybridized carbons (Fsp3) is 0.600. The number of nitrogens with zero attached hydrogens (tertiary/aromatic N) is 1. The van der Waals surface area contributed by atoms with Gasteiger partial charge in [-0.2, -0.15) is 0 Å². The molecule has 1 aromatic rings. The van der Waals surface area contributed by atoms with Gasteiger partial charge in [-0.25, -0.2) is 4.39 Å². The lowest BCUT2D eigenvalue weighted by Gasteiger charge is -2.45. The standard InChI is InChI=1S/C20H27FN2O4/c1-19(2)17(10-13-4-5-15(23(24)25)11-16(13)27-19)26-18(12-22)20(3)8-6-14(21)7-9-20/h4-6,11,17-18H,7-10,12,22H2,1-3H3/t17-,18?,20?/m1/s1.